The lowest BCUT2D eigenvalue weighted by Gasteiger charge is -2.10. The van der Waals surface area contributed by atoms with E-state index in [0.717, 1.165) is 27.2 Å². The van der Waals surface area contributed by atoms with Crippen molar-refractivity contribution in [1.82, 2.24) is 4.98 Å². The zero-order valence-electron chi connectivity index (χ0n) is 15.2. The van der Waals surface area contributed by atoms with Gasteiger partial charge in [-0.15, -0.1) is 11.8 Å². The second kappa shape index (κ2) is 8.54. The summed E-state index contributed by atoms with van der Waals surface area (Å²) >= 11 is 3.15. The van der Waals surface area contributed by atoms with E-state index in [-0.39, 0.29) is 5.91 Å². The predicted molar refractivity (Wildman–Crippen MR) is 116 cm³/mol. The van der Waals surface area contributed by atoms with Crippen molar-refractivity contribution in [2.75, 3.05) is 11.6 Å². The van der Waals surface area contributed by atoms with E-state index < -0.39 is 0 Å². The van der Waals surface area contributed by atoms with Crippen LogP contribution in [0.1, 0.15) is 15.9 Å². The number of hydrogen-bond donors (Lipinski definition) is 1. The number of nitrogens with one attached hydrogen (secondary N) is 1. The van der Waals surface area contributed by atoms with Crippen LogP contribution < -0.4 is 5.32 Å². The molecule has 1 heterocycles. The molecular formula is C22H18N2O2S2. The molecule has 28 heavy (non-hydrogen) atoms. The Morgan fingerprint density at radius 2 is 1.75 bits per heavy atom. The SMILES string of the molecule is CSc1ccc(NC(=O)c2ccccc2CSc2nc3ccccc3o2)cc1. The Balaban J connectivity index is 1.48. The number of para-hydroxylation sites is 2. The molecule has 1 amide bonds. The number of carbonyl (C=O) groups excluding carboxylic acids is 1. The average Bonchev–Trinajstić information content (AvgIpc) is 3.16. The number of carbonyl (C=O) groups is 1. The number of thioether (sulfide) groups is 2. The minimum Gasteiger partial charge on any atom is -0.431 e. The molecule has 0 aliphatic heterocycles. The molecule has 0 fully saturated rings. The van der Waals surface area contributed by atoms with E-state index in [0.29, 0.717) is 16.5 Å². The summed E-state index contributed by atoms with van der Waals surface area (Å²) in [4.78, 5) is 18.4. The molecule has 0 spiro atoms. The van der Waals surface area contributed by atoms with E-state index in [1.807, 2.05) is 79.1 Å². The van der Waals surface area contributed by atoms with Gasteiger partial charge in [-0.05, 0) is 54.3 Å². The fourth-order valence-electron chi connectivity index (χ4n) is 2.79. The van der Waals surface area contributed by atoms with E-state index in [2.05, 4.69) is 10.3 Å². The second-order valence-corrected chi connectivity index (χ2v) is 7.88. The van der Waals surface area contributed by atoms with Crippen molar-refractivity contribution in [3.63, 3.8) is 0 Å². The first-order valence-electron chi connectivity index (χ1n) is 8.74. The van der Waals surface area contributed by atoms with Gasteiger partial charge in [0.15, 0.2) is 5.58 Å². The molecule has 0 saturated heterocycles. The van der Waals surface area contributed by atoms with Crippen LogP contribution >= 0.6 is 23.5 Å². The molecule has 6 heteroatoms. The number of fused-ring (bicyclic) bond motifs is 1. The molecule has 0 aliphatic carbocycles. The van der Waals surface area contributed by atoms with Crippen LogP contribution in [0.25, 0.3) is 11.1 Å². The van der Waals surface area contributed by atoms with Gasteiger partial charge in [-0.2, -0.15) is 0 Å². The van der Waals surface area contributed by atoms with Crippen LogP contribution in [-0.4, -0.2) is 17.1 Å². The van der Waals surface area contributed by atoms with E-state index in [1.54, 1.807) is 11.8 Å². The summed E-state index contributed by atoms with van der Waals surface area (Å²) in [6.45, 7) is 0. The lowest BCUT2D eigenvalue weighted by Crippen LogP contribution is -2.13. The molecule has 0 unspecified atom stereocenters. The molecule has 4 rings (SSSR count). The fraction of sp³-hybridized carbons (Fsp3) is 0.0909. The van der Waals surface area contributed by atoms with Crippen molar-refractivity contribution in [1.29, 1.82) is 0 Å². The molecule has 4 nitrogen and oxygen atoms in total. The van der Waals surface area contributed by atoms with Crippen molar-refractivity contribution >= 4 is 46.2 Å². The highest BCUT2D eigenvalue weighted by molar-refractivity contribution is 7.98. The summed E-state index contributed by atoms with van der Waals surface area (Å²) in [5.74, 6) is 0.479. The zero-order chi connectivity index (χ0) is 19.3. The summed E-state index contributed by atoms with van der Waals surface area (Å²) in [5, 5.41) is 3.57. The minimum absolute atomic E-state index is 0.120. The van der Waals surface area contributed by atoms with Gasteiger partial charge in [0.05, 0.1) is 0 Å². The molecule has 0 radical (unpaired) electrons. The van der Waals surface area contributed by atoms with Crippen LogP contribution in [0.5, 0.6) is 0 Å². The quantitative estimate of drug-likeness (QED) is 0.392. The Morgan fingerprint density at radius 1 is 1.00 bits per heavy atom. The topological polar surface area (TPSA) is 55.1 Å². The van der Waals surface area contributed by atoms with Gasteiger partial charge in [0.25, 0.3) is 11.1 Å². The maximum Gasteiger partial charge on any atom is 0.257 e. The number of hydrogen-bond acceptors (Lipinski definition) is 5. The predicted octanol–water partition coefficient (Wildman–Crippen LogP) is 6.09. The highest BCUT2D eigenvalue weighted by Gasteiger charge is 2.13. The van der Waals surface area contributed by atoms with Gasteiger partial charge < -0.3 is 9.73 Å². The van der Waals surface area contributed by atoms with Crippen molar-refractivity contribution in [3.05, 3.63) is 83.9 Å². The largest absolute Gasteiger partial charge is 0.431 e. The normalized spacial score (nSPS) is 10.9. The third kappa shape index (κ3) is 4.24. The zero-order valence-corrected chi connectivity index (χ0v) is 16.8. The number of aromatic nitrogens is 1. The van der Waals surface area contributed by atoms with Gasteiger partial charge in [-0.25, -0.2) is 4.98 Å². The van der Waals surface area contributed by atoms with Crippen LogP contribution in [0.2, 0.25) is 0 Å². The summed E-state index contributed by atoms with van der Waals surface area (Å²) in [6, 6.07) is 23.1. The standard InChI is InChI=1S/C22H18N2O2S2/c1-27-17-12-10-16(11-13-17)23-21(25)18-7-3-2-6-15(18)14-28-22-24-19-8-4-5-9-20(19)26-22/h2-13H,14H2,1H3,(H,23,25). The molecule has 0 aliphatic rings. The second-order valence-electron chi connectivity index (χ2n) is 6.08. The third-order valence-corrected chi connectivity index (χ3v) is 5.86. The van der Waals surface area contributed by atoms with E-state index >= 15 is 0 Å². The lowest BCUT2D eigenvalue weighted by molar-refractivity contribution is 0.102. The van der Waals surface area contributed by atoms with Crippen LogP contribution in [0.15, 0.2) is 87.3 Å². The van der Waals surface area contributed by atoms with Crippen LogP contribution in [0, 0.1) is 0 Å². The van der Waals surface area contributed by atoms with E-state index in [9.17, 15) is 4.79 Å². The number of anilines is 1. The van der Waals surface area contributed by atoms with Gasteiger partial charge in [-0.1, -0.05) is 42.1 Å². The first-order chi connectivity index (χ1) is 13.7. The van der Waals surface area contributed by atoms with Crippen molar-refractivity contribution in [2.45, 2.75) is 15.9 Å². The number of benzene rings is 3. The fourth-order valence-corrected chi connectivity index (χ4v) is 4.04. The Bertz CT molecular complexity index is 1070. The molecule has 3 aromatic carbocycles. The van der Waals surface area contributed by atoms with Crippen molar-refractivity contribution < 1.29 is 9.21 Å². The third-order valence-electron chi connectivity index (χ3n) is 4.24. The first kappa shape index (κ1) is 18.7. The molecule has 0 saturated carbocycles. The van der Waals surface area contributed by atoms with E-state index in [1.165, 1.54) is 11.8 Å². The van der Waals surface area contributed by atoms with Gasteiger partial charge >= 0.3 is 0 Å². The molecule has 140 valence electrons. The molecular weight excluding hydrogens is 388 g/mol. The molecule has 1 N–H and O–H groups in total. The Kier molecular flexibility index (Phi) is 5.69. The molecule has 0 bridgehead atoms. The summed E-state index contributed by atoms with van der Waals surface area (Å²) in [5.41, 5.74) is 3.98. The van der Waals surface area contributed by atoms with Gasteiger partial charge in [0, 0.05) is 21.9 Å². The molecule has 0 atom stereocenters. The maximum absolute atomic E-state index is 12.8. The minimum atomic E-state index is -0.120. The maximum atomic E-state index is 12.8. The van der Waals surface area contributed by atoms with Crippen molar-refractivity contribution in [2.24, 2.45) is 0 Å². The summed E-state index contributed by atoms with van der Waals surface area (Å²) in [7, 11) is 0. The van der Waals surface area contributed by atoms with Crippen LogP contribution in [0.3, 0.4) is 0 Å². The Morgan fingerprint density at radius 3 is 2.54 bits per heavy atom. The summed E-state index contributed by atoms with van der Waals surface area (Å²) in [6.07, 6.45) is 2.03. The number of oxazole rings is 1. The Hall–Kier alpha value is -2.70. The number of rotatable bonds is 6. The molecule has 1 aromatic heterocycles. The number of nitrogens with zero attached hydrogens (tertiary/aromatic N) is 1. The Labute approximate surface area is 171 Å². The van der Waals surface area contributed by atoms with Gasteiger partial charge in [0.2, 0.25) is 0 Å². The first-order valence-corrected chi connectivity index (χ1v) is 11.0. The van der Waals surface area contributed by atoms with Crippen LogP contribution in [-0.2, 0) is 5.75 Å². The molecule has 4 aromatic rings. The highest BCUT2D eigenvalue weighted by atomic mass is 32.2. The summed E-state index contributed by atoms with van der Waals surface area (Å²) < 4.78 is 5.76. The van der Waals surface area contributed by atoms with Crippen LogP contribution in [0.4, 0.5) is 5.69 Å². The van der Waals surface area contributed by atoms with Gasteiger partial charge in [-0.3, -0.25) is 4.79 Å². The van der Waals surface area contributed by atoms with Crippen molar-refractivity contribution in [3.8, 4) is 0 Å². The van der Waals surface area contributed by atoms with Gasteiger partial charge in [0.1, 0.15) is 5.52 Å². The smallest absolute Gasteiger partial charge is 0.257 e. The van der Waals surface area contributed by atoms with E-state index in [4.69, 9.17) is 4.42 Å². The average molecular weight is 407 g/mol. The highest BCUT2D eigenvalue weighted by Crippen LogP contribution is 2.27. The lowest BCUT2D eigenvalue weighted by atomic mass is 10.1. The number of amides is 1. The monoisotopic (exact) mass is 406 g/mol.